The molecule has 1 heterocycles. The van der Waals surface area contributed by atoms with E-state index >= 15 is 0 Å². The van der Waals surface area contributed by atoms with Crippen molar-refractivity contribution in [2.24, 2.45) is 0 Å². The van der Waals surface area contributed by atoms with Crippen molar-refractivity contribution in [1.29, 1.82) is 0 Å². The highest BCUT2D eigenvalue weighted by Crippen LogP contribution is 2.01. The van der Waals surface area contributed by atoms with E-state index in [2.05, 4.69) is 4.98 Å². The van der Waals surface area contributed by atoms with Gasteiger partial charge in [0.25, 0.3) is 0 Å². The van der Waals surface area contributed by atoms with Gasteiger partial charge in [-0.3, -0.25) is 9.78 Å². The van der Waals surface area contributed by atoms with Crippen LogP contribution in [-0.4, -0.2) is 17.4 Å². The second-order valence-corrected chi connectivity index (χ2v) is 2.24. The Labute approximate surface area is 64.1 Å². The predicted molar refractivity (Wildman–Crippen MR) is 39.3 cm³/mol. The standard InChI is InChI=1S/C8H8FNO/c1-6-4-7(2-3-10-6)8(11)5-9/h2-4H,5H2,1H3. The second-order valence-electron chi connectivity index (χ2n) is 2.24. The number of rotatable bonds is 2. The smallest absolute Gasteiger partial charge is 0.193 e. The van der Waals surface area contributed by atoms with Crippen molar-refractivity contribution in [2.75, 3.05) is 6.67 Å². The van der Waals surface area contributed by atoms with Crippen LogP contribution in [0.25, 0.3) is 0 Å². The third kappa shape index (κ3) is 1.83. The lowest BCUT2D eigenvalue weighted by Gasteiger charge is -1.95. The number of hydrogen-bond acceptors (Lipinski definition) is 2. The van der Waals surface area contributed by atoms with Gasteiger partial charge in [-0.25, -0.2) is 4.39 Å². The number of aromatic nitrogens is 1. The van der Waals surface area contributed by atoms with Crippen molar-refractivity contribution in [3.05, 3.63) is 29.6 Å². The van der Waals surface area contributed by atoms with Gasteiger partial charge in [-0.05, 0) is 19.1 Å². The molecule has 0 saturated heterocycles. The Morgan fingerprint density at radius 1 is 1.73 bits per heavy atom. The van der Waals surface area contributed by atoms with Crippen LogP contribution in [0.5, 0.6) is 0 Å². The van der Waals surface area contributed by atoms with E-state index in [4.69, 9.17) is 0 Å². The minimum Gasteiger partial charge on any atom is -0.291 e. The van der Waals surface area contributed by atoms with Crippen LogP contribution in [0.1, 0.15) is 16.1 Å². The van der Waals surface area contributed by atoms with Crippen LogP contribution < -0.4 is 0 Å². The minimum absolute atomic E-state index is 0.389. The maximum atomic E-state index is 11.8. The molecule has 1 aromatic heterocycles. The van der Waals surface area contributed by atoms with E-state index in [-0.39, 0.29) is 0 Å². The van der Waals surface area contributed by atoms with Gasteiger partial charge in [0.1, 0.15) is 0 Å². The highest BCUT2D eigenvalue weighted by atomic mass is 19.1. The molecule has 0 radical (unpaired) electrons. The molecule has 2 nitrogen and oxygen atoms in total. The van der Waals surface area contributed by atoms with Gasteiger partial charge in [-0.2, -0.15) is 0 Å². The molecular formula is C8H8FNO. The van der Waals surface area contributed by atoms with Crippen LogP contribution in [0.4, 0.5) is 4.39 Å². The van der Waals surface area contributed by atoms with Gasteiger partial charge in [-0.15, -0.1) is 0 Å². The van der Waals surface area contributed by atoms with Crippen LogP contribution in [0, 0.1) is 6.92 Å². The Morgan fingerprint density at radius 2 is 2.45 bits per heavy atom. The molecule has 0 bridgehead atoms. The molecule has 0 N–H and O–H groups in total. The Morgan fingerprint density at radius 3 is 3.00 bits per heavy atom. The maximum Gasteiger partial charge on any atom is 0.193 e. The zero-order chi connectivity index (χ0) is 8.27. The monoisotopic (exact) mass is 153 g/mol. The lowest BCUT2D eigenvalue weighted by molar-refractivity contribution is 0.0958. The van der Waals surface area contributed by atoms with E-state index < -0.39 is 12.5 Å². The van der Waals surface area contributed by atoms with Crippen LogP contribution >= 0.6 is 0 Å². The zero-order valence-electron chi connectivity index (χ0n) is 6.17. The summed E-state index contributed by atoms with van der Waals surface area (Å²) in [6.45, 7) is 0.818. The number of Topliss-reactive ketones (excluding diaryl/α,β-unsaturated/α-hetero) is 1. The molecule has 0 aliphatic carbocycles. The molecule has 58 valence electrons. The number of carbonyl (C=O) groups excluding carboxylic acids is 1. The van der Waals surface area contributed by atoms with Gasteiger partial charge in [0.15, 0.2) is 12.5 Å². The lowest BCUT2D eigenvalue weighted by Crippen LogP contribution is -2.01. The third-order valence-corrected chi connectivity index (χ3v) is 1.34. The van der Waals surface area contributed by atoms with Crippen LogP contribution in [0.2, 0.25) is 0 Å². The number of alkyl halides is 1. The Hall–Kier alpha value is -1.25. The summed E-state index contributed by atoms with van der Waals surface area (Å²) < 4.78 is 11.8. The Kier molecular flexibility index (Phi) is 2.31. The summed E-state index contributed by atoms with van der Waals surface area (Å²) >= 11 is 0. The molecular weight excluding hydrogens is 145 g/mol. The summed E-state index contributed by atoms with van der Waals surface area (Å²) in [4.78, 5) is 14.6. The van der Waals surface area contributed by atoms with Crippen molar-refractivity contribution >= 4 is 5.78 Å². The number of ketones is 1. The highest BCUT2D eigenvalue weighted by Gasteiger charge is 2.03. The predicted octanol–water partition coefficient (Wildman–Crippen LogP) is 1.54. The van der Waals surface area contributed by atoms with Crippen molar-refractivity contribution in [2.45, 2.75) is 6.92 Å². The largest absolute Gasteiger partial charge is 0.291 e. The van der Waals surface area contributed by atoms with Gasteiger partial charge in [0.2, 0.25) is 0 Å². The SMILES string of the molecule is Cc1cc(C(=O)CF)ccn1. The van der Waals surface area contributed by atoms with Gasteiger partial charge < -0.3 is 0 Å². The summed E-state index contributed by atoms with van der Waals surface area (Å²) in [6, 6.07) is 3.08. The van der Waals surface area contributed by atoms with Crippen molar-refractivity contribution in [1.82, 2.24) is 4.98 Å². The van der Waals surface area contributed by atoms with Gasteiger partial charge in [0.05, 0.1) is 0 Å². The molecule has 3 heteroatoms. The molecule has 0 aromatic carbocycles. The maximum absolute atomic E-state index is 11.8. The number of aryl methyl sites for hydroxylation is 1. The summed E-state index contributed by atoms with van der Waals surface area (Å²) in [5, 5.41) is 0. The molecule has 0 atom stereocenters. The summed E-state index contributed by atoms with van der Waals surface area (Å²) in [7, 11) is 0. The molecule has 0 amide bonds. The first-order valence-electron chi connectivity index (χ1n) is 3.26. The Balaban J connectivity index is 2.96. The van der Waals surface area contributed by atoms with E-state index in [0.29, 0.717) is 5.56 Å². The Bertz CT molecular complexity index is 273. The topological polar surface area (TPSA) is 30.0 Å². The molecule has 0 aliphatic rings. The average molecular weight is 153 g/mol. The normalized spacial score (nSPS) is 9.64. The summed E-state index contributed by atoms with van der Waals surface area (Å²) in [6.07, 6.45) is 1.50. The van der Waals surface area contributed by atoms with Crippen LogP contribution in [-0.2, 0) is 0 Å². The molecule has 0 aliphatic heterocycles. The lowest BCUT2D eigenvalue weighted by atomic mass is 10.2. The van der Waals surface area contributed by atoms with E-state index in [0.717, 1.165) is 5.69 Å². The molecule has 1 aromatic rings. The van der Waals surface area contributed by atoms with Crippen molar-refractivity contribution in [3.63, 3.8) is 0 Å². The first-order valence-corrected chi connectivity index (χ1v) is 3.26. The van der Waals surface area contributed by atoms with Gasteiger partial charge in [0, 0.05) is 17.5 Å². The molecule has 0 saturated carbocycles. The minimum atomic E-state index is -0.941. The summed E-state index contributed by atoms with van der Waals surface area (Å²) in [5.74, 6) is -0.490. The quantitative estimate of drug-likeness (QED) is 0.603. The summed E-state index contributed by atoms with van der Waals surface area (Å²) in [5.41, 5.74) is 1.12. The van der Waals surface area contributed by atoms with E-state index in [9.17, 15) is 9.18 Å². The fourth-order valence-corrected chi connectivity index (χ4v) is 0.796. The number of hydrogen-bond donors (Lipinski definition) is 0. The van der Waals surface area contributed by atoms with Crippen LogP contribution in [0.15, 0.2) is 18.3 Å². The number of halogens is 1. The van der Waals surface area contributed by atoms with Gasteiger partial charge >= 0.3 is 0 Å². The third-order valence-electron chi connectivity index (χ3n) is 1.34. The molecule has 0 fully saturated rings. The highest BCUT2D eigenvalue weighted by molar-refractivity contribution is 5.96. The number of pyridine rings is 1. The van der Waals surface area contributed by atoms with E-state index in [1.807, 2.05) is 0 Å². The first kappa shape index (κ1) is 7.85. The molecule has 11 heavy (non-hydrogen) atoms. The average Bonchev–Trinajstić information content (AvgIpc) is 2.03. The van der Waals surface area contributed by atoms with E-state index in [1.165, 1.54) is 12.3 Å². The molecule has 0 spiro atoms. The second kappa shape index (κ2) is 3.23. The van der Waals surface area contributed by atoms with E-state index in [1.54, 1.807) is 13.0 Å². The van der Waals surface area contributed by atoms with Crippen molar-refractivity contribution in [3.8, 4) is 0 Å². The fourth-order valence-electron chi connectivity index (χ4n) is 0.796. The number of carbonyl (C=O) groups is 1. The molecule has 1 rings (SSSR count). The first-order chi connectivity index (χ1) is 5.24. The van der Waals surface area contributed by atoms with Gasteiger partial charge in [-0.1, -0.05) is 0 Å². The molecule has 0 unspecified atom stereocenters. The fraction of sp³-hybridized carbons (Fsp3) is 0.250. The van der Waals surface area contributed by atoms with Crippen molar-refractivity contribution < 1.29 is 9.18 Å². The number of nitrogens with zero attached hydrogens (tertiary/aromatic N) is 1. The zero-order valence-corrected chi connectivity index (χ0v) is 6.17. The van der Waals surface area contributed by atoms with Crippen LogP contribution in [0.3, 0.4) is 0 Å².